The highest BCUT2D eigenvalue weighted by Crippen LogP contribution is 2.62. The normalized spacial score (nSPS) is 23.4. The van der Waals surface area contributed by atoms with Crippen molar-refractivity contribution in [2.24, 2.45) is 28.8 Å². The van der Waals surface area contributed by atoms with Crippen LogP contribution in [0.15, 0.2) is 102 Å². The number of fused-ring (bicyclic) bond motifs is 2. The molecule has 0 aromatic heterocycles. The number of nitrogens with one attached hydrogen (secondary N) is 1. The number of hydrogen-bond acceptors (Lipinski definition) is 13. The van der Waals surface area contributed by atoms with Crippen LogP contribution in [0.1, 0.15) is 80.4 Å². The van der Waals surface area contributed by atoms with Gasteiger partial charge in [0.15, 0.2) is 0 Å². The quantitative estimate of drug-likeness (QED) is 0.0294. The van der Waals surface area contributed by atoms with E-state index >= 15 is 0 Å². The molecule has 2 amide bonds. The molecule has 4 N–H and O–H groups in total. The monoisotopic (exact) mass is 910 g/mol. The fourth-order valence-electron chi connectivity index (χ4n) is 9.84. The highest BCUT2D eigenvalue weighted by atomic mass is 16.7. The number of hydrogen-bond donors (Lipinski definition) is 4. The molecule has 3 aliphatic carbocycles. The number of carbonyl (C=O) groups is 2. The number of aliphatic hydroxyl groups excluding tert-OH is 3. The maximum absolute atomic E-state index is 14.6. The van der Waals surface area contributed by atoms with E-state index < -0.39 is 28.8 Å². The maximum atomic E-state index is 14.6. The molecule has 354 valence electrons. The van der Waals surface area contributed by atoms with Gasteiger partial charge in [-0.3, -0.25) is 14.9 Å². The fraction of sp³-hybridized carbons (Fsp3) is 0.500. The summed E-state index contributed by atoms with van der Waals surface area (Å²) in [5.41, 5.74) is 3.74. The van der Waals surface area contributed by atoms with E-state index in [-0.39, 0.29) is 101 Å². The molecule has 2 fully saturated rings. The lowest BCUT2D eigenvalue weighted by Gasteiger charge is -2.60. The summed E-state index contributed by atoms with van der Waals surface area (Å²) in [5, 5.41) is 48.5. The van der Waals surface area contributed by atoms with Crippen LogP contribution in [0.3, 0.4) is 0 Å². The minimum Gasteiger partial charge on any atom is -0.459 e. The molecule has 7 rings (SSSR count). The Bertz CT molecular complexity index is 2180. The number of amides is 2. The molecule has 3 aromatic carbocycles. The van der Waals surface area contributed by atoms with E-state index in [0.29, 0.717) is 42.0 Å². The molecule has 2 saturated carbocycles. The van der Waals surface area contributed by atoms with Crippen LogP contribution in [0.25, 0.3) is 0 Å². The summed E-state index contributed by atoms with van der Waals surface area (Å²) >= 11 is 0. The van der Waals surface area contributed by atoms with E-state index in [0.717, 1.165) is 48.8 Å². The van der Waals surface area contributed by atoms with Crippen LogP contribution in [0, 0.1) is 33.8 Å². The summed E-state index contributed by atoms with van der Waals surface area (Å²) in [7, 11) is 0. The van der Waals surface area contributed by atoms with Crippen LogP contribution < -0.4 is 14.8 Å². The van der Waals surface area contributed by atoms with Crippen molar-refractivity contribution in [2.75, 3.05) is 46.2 Å². The van der Waals surface area contributed by atoms with Crippen LogP contribution in [0.2, 0.25) is 0 Å². The van der Waals surface area contributed by atoms with E-state index in [9.17, 15) is 35.0 Å². The molecule has 16 heteroatoms. The van der Waals surface area contributed by atoms with Gasteiger partial charge in [-0.1, -0.05) is 60.5 Å². The van der Waals surface area contributed by atoms with Crippen molar-refractivity contribution < 1.29 is 53.6 Å². The van der Waals surface area contributed by atoms with E-state index in [1.807, 2.05) is 36.4 Å². The Morgan fingerprint density at radius 3 is 2.41 bits per heavy atom. The zero-order valence-corrected chi connectivity index (χ0v) is 37.3. The summed E-state index contributed by atoms with van der Waals surface area (Å²) < 4.78 is 26.1. The minimum absolute atomic E-state index is 0.0153. The maximum Gasteiger partial charge on any atom is 0.412 e. The summed E-state index contributed by atoms with van der Waals surface area (Å²) in [4.78, 5) is 46.8. The number of unbranched alkanes of at least 4 members (excludes halogenated alkanes) is 2. The molecular weight excluding hydrogens is 849 g/mol. The van der Waals surface area contributed by atoms with Crippen molar-refractivity contribution in [3.05, 3.63) is 124 Å². The third kappa shape index (κ3) is 11.5. The summed E-state index contributed by atoms with van der Waals surface area (Å²) in [5.74, 6) is -2.02. The Morgan fingerprint density at radius 1 is 0.955 bits per heavy atom. The third-order valence-corrected chi connectivity index (χ3v) is 13.0. The summed E-state index contributed by atoms with van der Waals surface area (Å²) in [6, 6.07) is 20.2. The zero-order chi connectivity index (χ0) is 46.5. The molecular formula is C50H62N4O12. The van der Waals surface area contributed by atoms with Crippen molar-refractivity contribution in [3.8, 4) is 11.5 Å². The first kappa shape index (κ1) is 48.3. The predicted molar refractivity (Wildman–Crippen MR) is 244 cm³/mol. The lowest BCUT2D eigenvalue weighted by molar-refractivity contribution is -0.384. The number of nitrogens with zero attached hydrogens (tertiary/aromatic N) is 3. The van der Waals surface area contributed by atoms with Gasteiger partial charge in [0.25, 0.3) is 5.69 Å². The number of non-ortho nitro benzene ring substituents is 1. The van der Waals surface area contributed by atoms with Crippen LogP contribution >= 0.6 is 0 Å². The van der Waals surface area contributed by atoms with Gasteiger partial charge in [-0.15, -0.1) is 6.58 Å². The number of benzene rings is 3. The van der Waals surface area contributed by atoms with E-state index in [4.69, 9.17) is 28.9 Å². The smallest absolute Gasteiger partial charge is 0.412 e. The Balaban J connectivity index is 1.37. The van der Waals surface area contributed by atoms with Crippen molar-refractivity contribution in [1.29, 1.82) is 0 Å². The van der Waals surface area contributed by atoms with Crippen LogP contribution in [0.4, 0.5) is 10.5 Å². The Kier molecular flexibility index (Phi) is 17.0. The third-order valence-electron chi connectivity index (χ3n) is 13.0. The van der Waals surface area contributed by atoms with E-state index in [1.165, 1.54) is 12.1 Å². The molecule has 4 aliphatic rings. The number of nitro groups is 1. The average Bonchev–Trinajstić information content (AvgIpc) is 4.18. The van der Waals surface area contributed by atoms with Crippen LogP contribution in [-0.4, -0.2) is 101 Å². The van der Waals surface area contributed by atoms with Gasteiger partial charge in [-0.05, 0) is 97.4 Å². The summed E-state index contributed by atoms with van der Waals surface area (Å²) in [6.45, 7) is 4.69. The number of carbonyl (C=O) groups excluding carboxylic acids is 2. The summed E-state index contributed by atoms with van der Waals surface area (Å²) in [6.07, 6.45) is 9.02. The second kappa shape index (κ2) is 23.2. The fourth-order valence-corrected chi connectivity index (χ4v) is 9.84. The Hall–Kier alpha value is -5.65. The number of nitro benzene ring substituents is 1. The van der Waals surface area contributed by atoms with E-state index in [1.54, 1.807) is 35.2 Å². The van der Waals surface area contributed by atoms with Crippen molar-refractivity contribution >= 4 is 23.4 Å². The highest BCUT2D eigenvalue weighted by Gasteiger charge is 2.66. The van der Waals surface area contributed by atoms with Crippen molar-refractivity contribution in [3.63, 3.8) is 0 Å². The number of aliphatic hydroxyl groups is 3. The molecule has 0 radical (unpaired) electrons. The Labute approximate surface area is 385 Å². The molecule has 0 spiro atoms. The number of allylic oxidation sites excluding steroid dienone is 1. The standard InChI is InChI=1S/C50H62N4O12/c1-2-26-63-50-45(53(22-27-62-28-25-57)48(58)36-16-17-36)31-43(52-64-33-35-14-18-38(19-15-35)54(60)61)41-29-37(12-6-8-23-55)40(13-7-9-24-56)46(47(41)50)42-30-39(20-21-44(42)66-50)65-49(59)51-32-34-10-4-3-5-11-34/h2-5,10-11,14-15,18-21,29-30,36-37,40,45-47,55-57H,1,6-9,12-13,16-17,22-28,31-33H2,(H,51,59). The van der Waals surface area contributed by atoms with Crippen molar-refractivity contribution in [1.82, 2.24) is 10.2 Å². The van der Waals surface area contributed by atoms with Gasteiger partial charge >= 0.3 is 6.09 Å². The largest absolute Gasteiger partial charge is 0.459 e. The zero-order valence-electron chi connectivity index (χ0n) is 37.3. The molecule has 6 atom stereocenters. The lowest BCUT2D eigenvalue weighted by Crippen LogP contribution is -2.70. The first-order chi connectivity index (χ1) is 32.2. The van der Waals surface area contributed by atoms with E-state index in [2.05, 4.69) is 18.0 Å². The van der Waals surface area contributed by atoms with Crippen molar-refractivity contribution in [2.45, 2.75) is 88.7 Å². The average molecular weight is 911 g/mol. The van der Waals surface area contributed by atoms with Gasteiger partial charge in [-0.25, -0.2) is 4.79 Å². The molecule has 66 heavy (non-hydrogen) atoms. The van der Waals surface area contributed by atoms with Gasteiger partial charge in [0.1, 0.15) is 24.1 Å². The molecule has 0 bridgehead atoms. The second-order valence-electron chi connectivity index (χ2n) is 17.3. The minimum atomic E-state index is -1.50. The molecule has 3 aromatic rings. The van der Waals surface area contributed by atoms with Crippen LogP contribution in [0.5, 0.6) is 11.5 Å². The molecule has 16 nitrogen and oxygen atoms in total. The van der Waals surface area contributed by atoms with Gasteiger partial charge in [0.05, 0.1) is 43.0 Å². The number of oxime groups is 1. The number of ether oxygens (including phenoxy) is 4. The Morgan fingerprint density at radius 2 is 1.71 bits per heavy atom. The van der Waals surface area contributed by atoms with Crippen LogP contribution in [-0.2, 0) is 32.3 Å². The van der Waals surface area contributed by atoms with Gasteiger partial charge in [0, 0.05) is 62.3 Å². The topological polar surface area (TPSA) is 212 Å². The molecule has 1 heterocycles. The predicted octanol–water partition coefficient (Wildman–Crippen LogP) is 6.96. The molecule has 6 unspecified atom stereocenters. The van der Waals surface area contributed by atoms with Gasteiger partial charge in [0.2, 0.25) is 11.7 Å². The first-order valence-corrected chi connectivity index (χ1v) is 23.1. The second-order valence-corrected chi connectivity index (χ2v) is 17.3. The SMILES string of the molecule is C=CCOC12Oc3ccc(OC(=O)NCc4ccccc4)cc3C3C(CCCCO)C(CCCCO)C=C(C(=NOCc4ccc([N+](=O)[O-])cc4)CC1N(CCOCCO)C(=O)C1CC1)C32. The highest BCUT2D eigenvalue weighted by molar-refractivity contribution is 6.03. The molecule has 0 saturated heterocycles. The number of rotatable bonds is 25. The van der Waals surface area contributed by atoms with Gasteiger partial charge in [-0.2, -0.15) is 0 Å². The van der Waals surface area contributed by atoms with Gasteiger partial charge < -0.3 is 49.3 Å². The lowest BCUT2D eigenvalue weighted by atomic mass is 9.55. The first-order valence-electron chi connectivity index (χ1n) is 23.1. The molecule has 1 aliphatic heterocycles.